The molecule has 202 valence electrons. The summed E-state index contributed by atoms with van der Waals surface area (Å²) in [7, 11) is 0. The molecule has 7 heteroatoms. The highest BCUT2D eigenvalue weighted by Crippen LogP contribution is 2.52. The maximum atomic E-state index is 13.7. The first-order valence-electron chi connectivity index (χ1n) is 14.4. The quantitative estimate of drug-likeness (QED) is 0.355. The number of nitrogens with zero attached hydrogens (tertiary/aromatic N) is 2. The molecule has 0 aromatic heterocycles. The molecule has 6 nitrogen and oxygen atoms in total. The Morgan fingerprint density at radius 2 is 1.68 bits per heavy atom. The summed E-state index contributed by atoms with van der Waals surface area (Å²) in [5, 5.41) is 15.8. The summed E-state index contributed by atoms with van der Waals surface area (Å²) in [6.45, 7) is 2.37. The second-order valence-corrected chi connectivity index (χ2v) is 11.6. The summed E-state index contributed by atoms with van der Waals surface area (Å²) in [4.78, 5) is 27.3. The van der Waals surface area contributed by atoms with Crippen LogP contribution in [0.3, 0.4) is 0 Å². The lowest BCUT2D eigenvalue weighted by Crippen LogP contribution is -2.59. The smallest absolute Gasteiger partial charge is 0.237 e. The highest BCUT2D eigenvalue weighted by atomic mass is 19.1. The Hall–Kier alpha value is -2.46. The van der Waals surface area contributed by atoms with Gasteiger partial charge in [-0.2, -0.15) is 5.26 Å². The molecule has 3 saturated carbocycles. The van der Waals surface area contributed by atoms with Crippen LogP contribution in [0.2, 0.25) is 0 Å². The molecule has 0 radical (unpaired) electrons. The fourth-order valence-electron chi connectivity index (χ4n) is 6.47. The number of amides is 2. The normalized spacial score (nSPS) is 28.7. The number of nitrogens with one attached hydrogen (secondary N) is 2. The van der Waals surface area contributed by atoms with Gasteiger partial charge in [-0.3, -0.25) is 9.59 Å². The molecule has 1 aromatic carbocycles. The van der Waals surface area contributed by atoms with E-state index in [9.17, 15) is 19.2 Å². The van der Waals surface area contributed by atoms with Crippen molar-refractivity contribution in [2.75, 3.05) is 18.4 Å². The summed E-state index contributed by atoms with van der Waals surface area (Å²) in [5.41, 5.74) is 1.70. The van der Waals surface area contributed by atoms with E-state index in [1.165, 1.54) is 49.0 Å². The van der Waals surface area contributed by atoms with Gasteiger partial charge in [0.25, 0.3) is 0 Å². The minimum absolute atomic E-state index is 0.00898. The van der Waals surface area contributed by atoms with E-state index in [2.05, 4.69) is 29.7 Å². The number of alkyl halides is 1. The van der Waals surface area contributed by atoms with E-state index in [0.29, 0.717) is 0 Å². The number of nitriles is 1. The molecule has 2 atom stereocenters. The fourth-order valence-corrected chi connectivity index (χ4v) is 6.47. The zero-order chi connectivity index (χ0) is 26.3. The van der Waals surface area contributed by atoms with E-state index in [1.54, 1.807) is 0 Å². The minimum Gasteiger partial charge on any atom is -0.326 e. The summed E-state index contributed by atoms with van der Waals surface area (Å²) >= 11 is 0. The lowest BCUT2D eigenvalue weighted by atomic mass is 9.57. The molecular weight excluding hydrogens is 467 g/mol. The Morgan fingerprint density at radius 3 is 2.32 bits per heavy atom. The number of fused-ring (bicyclic) bond motifs is 3. The molecule has 2 N–H and O–H groups in total. The number of carbonyl (C=O) groups excluding carboxylic acids is 2. The third-order valence-corrected chi connectivity index (χ3v) is 9.09. The first-order valence-corrected chi connectivity index (χ1v) is 14.4. The average molecular weight is 511 g/mol. The van der Waals surface area contributed by atoms with E-state index < -0.39 is 12.2 Å². The number of unbranched alkanes of at least 4 members (excludes halogenated alkanes) is 5. The van der Waals surface area contributed by atoms with Crippen LogP contribution in [-0.4, -0.2) is 47.6 Å². The molecule has 1 aromatic rings. The van der Waals surface area contributed by atoms with Crippen molar-refractivity contribution in [3.05, 3.63) is 29.8 Å². The monoisotopic (exact) mass is 510 g/mol. The van der Waals surface area contributed by atoms with Crippen LogP contribution in [0.25, 0.3) is 0 Å². The van der Waals surface area contributed by atoms with Gasteiger partial charge in [-0.05, 0) is 69.1 Å². The maximum Gasteiger partial charge on any atom is 0.237 e. The molecule has 4 aliphatic rings. The molecule has 1 saturated heterocycles. The van der Waals surface area contributed by atoms with Crippen molar-refractivity contribution in [1.29, 1.82) is 5.26 Å². The van der Waals surface area contributed by atoms with Crippen LogP contribution < -0.4 is 10.6 Å². The van der Waals surface area contributed by atoms with Gasteiger partial charge < -0.3 is 15.5 Å². The molecule has 3 aliphatic carbocycles. The average Bonchev–Trinajstić information content (AvgIpc) is 3.32. The van der Waals surface area contributed by atoms with Crippen molar-refractivity contribution in [3.8, 4) is 6.07 Å². The van der Waals surface area contributed by atoms with Gasteiger partial charge in [-0.15, -0.1) is 0 Å². The molecule has 4 fully saturated rings. The number of hydrogen-bond donors (Lipinski definition) is 2. The van der Waals surface area contributed by atoms with Crippen LogP contribution in [0.4, 0.5) is 10.1 Å². The van der Waals surface area contributed by atoms with E-state index in [1.807, 2.05) is 18.2 Å². The van der Waals surface area contributed by atoms with Gasteiger partial charge in [0.05, 0.1) is 19.2 Å². The molecule has 2 bridgehead atoms. The third kappa shape index (κ3) is 6.71. The Balaban J connectivity index is 1.22. The Labute approximate surface area is 221 Å². The zero-order valence-corrected chi connectivity index (χ0v) is 22.4. The number of hydrogen-bond acceptors (Lipinski definition) is 4. The number of anilines is 1. The second kappa shape index (κ2) is 12.4. The van der Waals surface area contributed by atoms with Crippen LogP contribution >= 0.6 is 0 Å². The number of aryl methyl sites for hydroxylation is 1. The first-order chi connectivity index (χ1) is 17.9. The van der Waals surface area contributed by atoms with Crippen molar-refractivity contribution in [2.45, 2.75) is 115 Å². The summed E-state index contributed by atoms with van der Waals surface area (Å²) in [5.74, 6) is -0.0929. The van der Waals surface area contributed by atoms with Crippen molar-refractivity contribution in [3.63, 3.8) is 0 Å². The van der Waals surface area contributed by atoms with E-state index in [0.717, 1.165) is 50.6 Å². The SMILES string of the molecule is CCCCCCCCc1ccc(NC(=O)C23CCC(NCC(=O)N4C[C@@H](F)C[C@H]4C#N)(CC2)CC3)cc1. The lowest BCUT2D eigenvalue weighted by Gasteiger charge is -2.52. The van der Waals surface area contributed by atoms with Gasteiger partial charge in [0.15, 0.2) is 0 Å². The molecule has 2 amide bonds. The topological polar surface area (TPSA) is 85.2 Å². The molecule has 5 rings (SSSR count). The van der Waals surface area contributed by atoms with Crippen molar-refractivity contribution >= 4 is 17.5 Å². The van der Waals surface area contributed by atoms with Gasteiger partial charge in [-0.1, -0.05) is 51.2 Å². The molecule has 0 unspecified atom stereocenters. The standard InChI is InChI=1S/C30H43FN4O2/c1-2-3-4-5-6-7-8-23-9-11-25(12-10-23)34-28(37)29-13-16-30(17-14-29,18-15-29)33-21-27(36)35-22-24(31)19-26(35)20-32/h9-12,24,26,33H,2-8,13-19,21-22H2,1H3,(H,34,37)/t24-,26-,29?,30?/m0/s1. The molecule has 37 heavy (non-hydrogen) atoms. The number of halogens is 1. The molecule has 1 heterocycles. The maximum absolute atomic E-state index is 13.7. The Kier molecular flexibility index (Phi) is 9.23. The van der Waals surface area contributed by atoms with E-state index in [4.69, 9.17) is 0 Å². The van der Waals surface area contributed by atoms with Crippen molar-refractivity contribution in [2.24, 2.45) is 5.41 Å². The van der Waals surface area contributed by atoms with Crippen LogP contribution in [0, 0.1) is 16.7 Å². The summed E-state index contributed by atoms with van der Waals surface area (Å²) in [6.07, 6.45) is 12.8. The van der Waals surface area contributed by atoms with Gasteiger partial charge >= 0.3 is 0 Å². The van der Waals surface area contributed by atoms with Crippen LogP contribution in [-0.2, 0) is 16.0 Å². The van der Waals surface area contributed by atoms with Crippen LogP contribution in [0.1, 0.15) is 96.0 Å². The second-order valence-electron chi connectivity index (χ2n) is 11.6. The Bertz CT molecular complexity index is 948. The number of benzene rings is 1. The van der Waals surface area contributed by atoms with Gasteiger partial charge in [0, 0.05) is 23.1 Å². The third-order valence-electron chi connectivity index (χ3n) is 9.09. The predicted octanol–water partition coefficient (Wildman–Crippen LogP) is 5.67. The predicted molar refractivity (Wildman–Crippen MR) is 144 cm³/mol. The van der Waals surface area contributed by atoms with Crippen molar-refractivity contribution < 1.29 is 14.0 Å². The van der Waals surface area contributed by atoms with Crippen LogP contribution in [0.5, 0.6) is 0 Å². The molecule has 1 aliphatic heterocycles. The van der Waals surface area contributed by atoms with Crippen LogP contribution in [0.15, 0.2) is 24.3 Å². The largest absolute Gasteiger partial charge is 0.326 e. The Morgan fingerprint density at radius 1 is 1.03 bits per heavy atom. The highest BCUT2D eigenvalue weighted by Gasteiger charge is 2.52. The van der Waals surface area contributed by atoms with Gasteiger partial charge in [0.2, 0.25) is 11.8 Å². The van der Waals surface area contributed by atoms with Gasteiger partial charge in [0.1, 0.15) is 12.2 Å². The van der Waals surface area contributed by atoms with E-state index >= 15 is 0 Å². The van der Waals surface area contributed by atoms with Gasteiger partial charge in [-0.25, -0.2) is 4.39 Å². The fraction of sp³-hybridized carbons (Fsp3) is 0.700. The first kappa shape index (κ1) is 27.6. The summed E-state index contributed by atoms with van der Waals surface area (Å²) in [6, 6.07) is 9.70. The zero-order valence-electron chi connectivity index (χ0n) is 22.4. The minimum atomic E-state index is -1.12. The van der Waals surface area contributed by atoms with E-state index in [-0.39, 0.29) is 42.3 Å². The highest BCUT2D eigenvalue weighted by molar-refractivity contribution is 5.95. The number of likely N-dealkylation sites (tertiary alicyclic amines) is 1. The lowest BCUT2D eigenvalue weighted by molar-refractivity contribution is -0.135. The number of carbonyl (C=O) groups is 2. The van der Waals surface area contributed by atoms with Crippen molar-refractivity contribution in [1.82, 2.24) is 10.2 Å². The molecular formula is C30H43FN4O2. The molecule has 0 spiro atoms. The summed E-state index contributed by atoms with van der Waals surface area (Å²) < 4.78 is 13.7. The number of rotatable bonds is 12.